The second kappa shape index (κ2) is 8.41. The highest BCUT2D eigenvalue weighted by Gasteiger charge is 2.22. The lowest BCUT2D eigenvalue weighted by atomic mass is 9.85. The van der Waals surface area contributed by atoms with Crippen LogP contribution < -0.4 is 0 Å². The van der Waals surface area contributed by atoms with Gasteiger partial charge in [-0.15, -0.1) is 0 Å². The zero-order chi connectivity index (χ0) is 18.6. The fourth-order valence-electron chi connectivity index (χ4n) is 4.75. The summed E-state index contributed by atoms with van der Waals surface area (Å²) in [6.07, 6.45) is 13.2. The Morgan fingerprint density at radius 1 is 1.19 bits per heavy atom. The van der Waals surface area contributed by atoms with E-state index in [0.717, 1.165) is 61.8 Å². The van der Waals surface area contributed by atoms with Crippen molar-refractivity contribution in [2.45, 2.75) is 71.1 Å². The quantitative estimate of drug-likeness (QED) is 0.857. The summed E-state index contributed by atoms with van der Waals surface area (Å²) in [5.41, 5.74) is 3.25. The summed E-state index contributed by atoms with van der Waals surface area (Å²) in [6, 6.07) is 1.98. The summed E-state index contributed by atoms with van der Waals surface area (Å²) in [4.78, 5) is 19.4. The van der Waals surface area contributed by atoms with Gasteiger partial charge in [0.2, 0.25) is 5.91 Å². The minimum absolute atomic E-state index is 0.280. The topological polar surface area (TPSA) is 61.9 Å². The van der Waals surface area contributed by atoms with Crippen LogP contribution in [0.2, 0.25) is 0 Å². The highest BCUT2D eigenvalue weighted by Crippen LogP contribution is 2.29. The number of likely N-dealkylation sites (tertiary alicyclic amines) is 1. The van der Waals surface area contributed by atoms with Gasteiger partial charge in [-0.05, 0) is 43.6 Å². The molecule has 0 spiro atoms. The third-order valence-corrected chi connectivity index (χ3v) is 6.55. The summed E-state index contributed by atoms with van der Waals surface area (Å²) >= 11 is 0. The number of nitrogens with one attached hydrogen (secondary N) is 1. The molecule has 5 nitrogen and oxygen atoms in total. The maximum absolute atomic E-state index is 12.6. The van der Waals surface area contributed by atoms with E-state index in [4.69, 9.17) is 4.98 Å². The molecular weight excluding hydrogens is 336 g/mol. The van der Waals surface area contributed by atoms with Crippen LogP contribution in [0.25, 0.3) is 10.9 Å². The number of hydrogen-bond acceptors (Lipinski definition) is 3. The molecule has 3 heterocycles. The Balaban J connectivity index is 1.44. The van der Waals surface area contributed by atoms with Crippen molar-refractivity contribution < 1.29 is 4.79 Å². The number of aromatic nitrogens is 3. The zero-order valence-electron chi connectivity index (χ0n) is 16.5. The number of rotatable bonds is 5. The molecule has 1 saturated heterocycles. The standard InChI is InChI=1S/C22H32N4O/c1-16-10-13-26(14-11-16)21(27)8-7-18-22-19(25-24-18)9-12-23-20(22)15-17-5-3-2-4-6-17/h9,12,16-17H,2-8,10-11,13-15H2,1H3,(H,24,25). The van der Waals surface area contributed by atoms with E-state index in [1.54, 1.807) is 0 Å². The van der Waals surface area contributed by atoms with E-state index in [9.17, 15) is 4.79 Å². The van der Waals surface area contributed by atoms with Gasteiger partial charge in [0.05, 0.1) is 11.2 Å². The molecule has 146 valence electrons. The molecule has 0 bridgehead atoms. The first-order valence-corrected chi connectivity index (χ1v) is 10.8. The van der Waals surface area contributed by atoms with Crippen LogP contribution in [0, 0.1) is 11.8 Å². The second-order valence-electron chi connectivity index (χ2n) is 8.63. The van der Waals surface area contributed by atoms with Crippen molar-refractivity contribution in [1.29, 1.82) is 0 Å². The Kier molecular flexibility index (Phi) is 5.74. The number of hydrogen-bond donors (Lipinski definition) is 1. The summed E-state index contributed by atoms with van der Waals surface area (Å²) in [5.74, 6) is 1.78. The number of fused-ring (bicyclic) bond motifs is 1. The Hall–Kier alpha value is -1.91. The molecule has 2 aromatic heterocycles. The van der Waals surface area contributed by atoms with Gasteiger partial charge in [-0.1, -0.05) is 39.0 Å². The number of H-pyrrole nitrogens is 1. The number of piperidine rings is 1. The van der Waals surface area contributed by atoms with Crippen molar-refractivity contribution in [2.24, 2.45) is 11.8 Å². The molecule has 1 saturated carbocycles. The van der Waals surface area contributed by atoms with Crippen molar-refractivity contribution in [1.82, 2.24) is 20.1 Å². The van der Waals surface area contributed by atoms with E-state index in [0.29, 0.717) is 6.42 Å². The van der Waals surface area contributed by atoms with Crippen LogP contribution >= 0.6 is 0 Å². The van der Waals surface area contributed by atoms with Gasteiger partial charge in [-0.3, -0.25) is 14.9 Å². The molecule has 0 atom stereocenters. The van der Waals surface area contributed by atoms with Gasteiger partial charge in [-0.25, -0.2) is 0 Å². The van der Waals surface area contributed by atoms with Gasteiger partial charge < -0.3 is 4.90 Å². The third-order valence-electron chi connectivity index (χ3n) is 6.55. The normalized spacial score (nSPS) is 19.7. The minimum atomic E-state index is 0.280. The smallest absolute Gasteiger partial charge is 0.222 e. The first kappa shape index (κ1) is 18.5. The van der Waals surface area contributed by atoms with E-state index >= 15 is 0 Å². The number of aryl methyl sites for hydroxylation is 1. The van der Waals surface area contributed by atoms with Crippen LogP contribution in [-0.4, -0.2) is 39.1 Å². The van der Waals surface area contributed by atoms with E-state index in [1.165, 1.54) is 43.2 Å². The molecule has 4 rings (SSSR count). The van der Waals surface area contributed by atoms with Crippen LogP contribution in [0.15, 0.2) is 12.3 Å². The number of pyridine rings is 1. The van der Waals surface area contributed by atoms with Crippen LogP contribution in [0.3, 0.4) is 0 Å². The van der Waals surface area contributed by atoms with Crippen LogP contribution in [0.5, 0.6) is 0 Å². The molecule has 1 N–H and O–H groups in total. The molecule has 0 radical (unpaired) electrons. The number of carbonyl (C=O) groups is 1. The SMILES string of the molecule is CC1CCN(C(=O)CCc2[nH]nc3ccnc(CC4CCCCC4)c23)CC1. The third kappa shape index (κ3) is 4.33. The summed E-state index contributed by atoms with van der Waals surface area (Å²) in [7, 11) is 0. The van der Waals surface area contributed by atoms with Crippen LogP contribution in [0.1, 0.15) is 69.7 Å². The maximum Gasteiger partial charge on any atom is 0.222 e. The first-order chi connectivity index (χ1) is 13.2. The molecule has 1 aliphatic heterocycles. The fourth-order valence-corrected chi connectivity index (χ4v) is 4.75. The van der Waals surface area contributed by atoms with Gasteiger partial charge in [0, 0.05) is 36.8 Å². The molecular formula is C22H32N4O. The lowest BCUT2D eigenvalue weighted by Gasteiger charge is -2.30. The van der Waals surface area contributed by atoms with E-state index in [2.05, 4.69) is 17.1 Å². The summed E-state index contributed by atoms with van der Waals surface area (Å²) < 4.78 is 0. The lowest BCUT2D eigenvalue weighted by Crippen LogP contribution is -2.38. The number of amides is 1. The molecule has 0 unspecified atom stereocenters. The predicted molar refractivity (Wildman–Crippen MR) is 107 cm³/mol. The van der Waals surface area contributed by atoms with Crippen molar-refractivity contribution in [3.05, 3.63) is 23.7 Å². The molecule has 27 heavy (non-hydrogen) atoms. The molecule has 2 aromatic rings. The van der Waals surface area contributed by atoms with E-state index in [-0.39, 0.29) is 5.91 Å². The monoisotopic (exact) mass is 368 g/mol. The average Bonchev–Trinajstić information content (AvgIpc) is 3.12. The summed E-state index contributed by atoms with van der Waals surface area (Å²) in [6.45, 7) is 4.11. The number of nitrogens with zero attached hydrogens (tertiary/aromatic N) is 3. The highest BCUT2D eigenvalue weighted by molar-refractivity contribution is 5.84. The van der Waals surface area contributed by atoms with Crippen molar-refractivity contribution in [3.8, 4) is 0 Å². The van der Waals surface area contributed by atoms with Gasteiger partial charge >= 0.3 is 0 Å². The fraction of sp³-hybridized carbons (Fsp3) is 0.682. The van der Waals surface area contributed by atoms with E-state index < -0.39 is 0 Å². The Morgan fingerprint density at radius 2 is 1.96 bits per heavy atom. The lowest BCUT2D eigenvalue weighted by molar-refractivity contribution is -0.132. The van der Waals surface area contributed by atoms with Gasteiger partial charge in [-0.2, -0.15) is 5.10 Å². The Morgan fingerprint density at radius 3 is 2.74 bits per heavy atom. The molecule has 2 fully saturated rings. The first-order valence-electron chi connectivity index (χ1n) is 10.8. The highest BCUT2D eigenvalue weighted by atomic mass is 16.2. The van der Waals surface area contributed by atoms with Gasteiger partial charge in [0.15, 0.2) is 0 Å². The molecule has 1 aliphatic carbocycles. The Labute approximate surface area is 161 Å². The van der Waals surface area contributed by atoms with Crippen molar-refractivity contribution >= 4 is 16.8 Å². The minimum Gasteiger partial charge on any atom is -0.343 e. The molecule has 0 aromatic carbocycles. The largest absolute Gasteiger partial charge is 0.343 e. The number of carbonyl (C=O) groups excluding carboxylic acids is 1. The maximum atomic E-state index is 12.6. The van der Waals surface area contributed by atoms with E-state index in [1.807, 2.05) is 17.2 Å². The van der Waals surface area contributed by atoms with Crippen LogP contribution in [0.4, 0.5) is 0 Å². The Bertz CT molecular complexity index is 770. The molecule has 1 amide bonds. The molecule has 5 heteroatoms. The average molecular weight is 369 g/mol. The van der Waals surface area contributed by atoms with Gasteiger partial charge in [0.25, 0.3) is 0 Å². The second-order valence-corrected chi connectivity index (χ2v) is 8.63. The summed E-state index contributed by atoms with van der Waals surface area (Å²) in [5, 5.41) is 8.85. The predicted octanol–water partition coefficient (Wildman–Crippen LogP) is 4.27. The van der Waals surface area contributed by atoms with Crippen LogP contribution in [-0.2, 0) is 17.6 Å². The number of aromatic amines is 1. The zero-order valence-corrected chi connectivity index (χ0v) is 16.5. The van der Waals surface area contributed by atoms with Crippen molar-refractivity contribution in [2.75, 3.05) is 13.1 Å². The van der Waals surface area contributed by atoms with Crippen molar-refractivity contribution in [3.63, 3.8) is 0 Å². The van der Waals surface area contributed by atoms with Gasteiger partial charge in [0.1, 0.15) is 0 Å². The molecule has 2 aliphatic rings.